The summed E-state index contributed by atoms with van der Waals surface area (Å²) in [7, 11) is 0. The molecule has 3 rings (SSSR count). The first-order valence-electron chi connectivity index (χ1n) is 10.7. The van der Waals surface area contributed by atoms with Crippen molar-refractivity contribution in [1.82, 2.24) is 15.5 Å². The summed E-state index contributed by atoms with van der Waals surface area (Å²) < 4.78 is 5.18. The average Bonchev–Trinajstić information content (AvgIpc) is 2.96. The van der Waals surface area contributed by atoms with Crippen molar-refractivity contribution in [2.45, 2.75) is 65.4 Å². The largest absolute Gasteiger partial charge is 0.444 e. The molecule has 2 unspecified atom stereocenters. The Labute approximate surface area is 186 Å². The highest BCUT2D eigenvalue weighted by Gasteiger charge is 2.35. The van der Waals surface area contributed by atoms with Gasteiger partial charge in [-0.2, -0.15) is 0 Å². The van der Waals surface area contributed by atoms with Gasteiger partial charge in [0.1, 0.15) is 5.60 Å². The number of benzene rings is 2. The van der Waals surface area contributed by atoms with Crippen LogP contribution in [-0.2, 0) is 16.1 Å². The van der Waals surface area contributed by atoms with Crippen LogP contribution in [-0.4, -0.2) is 41.3 Å². The third-order valence-corrected chi connectivity index (χ3v) is 4.73. The summed E-state index contributed by atoms with van der Waals surface area (Å²) in [5, 5.41) is 5.97. The summed E-state index contributed by atoms with van der Waals surface area (Å²) in [5.74, 6) is 0.0670. The van der Waals surface area contributed by atoms with E-state index in [1.807, 2.05) is 81.1 Å². The smallest absolute Gasteiger partial charge is 0.407 e. The molecule has 2 aromatic carbocycles. The molecule has 31 heavy (non-hydrogen) atoms. The summed E-state index contributed by atoms with van der Waals surface area (Å²) in [4.78, 5) is 26.0. The predicted octanol–water partition coefficient (Wildman–Crippen LogP) is 4.24. The Hall–Kier alpha value is -2.86. The lowest BCUT2D eigenvalue weighted by atomic mass is 10.2. The van der Waals surface area contributed by atoms with Gasteiger partial charge in [-0.05, 0) is 46.6 Å². The van der Waals surface area contributed by atoms with E-state index in [1.165, 1.54) is 5.56 Å². The summed E-state index contributed by atoms with van der Waals surface area (Å²) in [6, 6.07) is 19.9. The first kappa shape index (κ1) is 24.4. The van der Waals surface area contributed by atoms with E-state index in [-0.39, 0.29) is 18.1 Å². The van der Waals surface area contributed by atoms with Crippen LogP contribution in [0.5, 0.6) is 0 Å². The van der Waals surface area contributed by atoms with Crippen molar-refractivity contribution in [3.8, 4) is 0 Å². The molecule has 1 aliphatic heterocycles. The number of amides is 2. The van der Waals surface area contributed by atoms with Crippen LogP contribution in [0.4, 0.5) is 4.79 Å². The first-order valence-corrected chi connectivity index (χ1v) is 10.7. The van der Waals surface area contributed by atoms with E-state index in [2.05, 4.69) is 29.7 Å². The molecule has 6 heteroatoms. The lowest BCUT2D eigenvalue weighted by Crippen LogP contribution is -2.37. The maximum atomic E-state index is 12.5. The van der Waals surface area contributed by atoms with E-state index in [0.717, 1.165) is 5.56 Å². The third-order valence-electron chi connectivity index (χ3n) is 4.73. The van der Waals surface area contributed by atoms with Gasteiger partial charge in [-0.1, -0.05) is 66.2 Å². The van der Waals surface area contributed by atoms with E-state index >= 15 is 0 Å². The molecule has 2 aromatic rings. The van der Waals surface area contributed by atoms with Crippen molar-refractivity contribution in [1.29, 1.82) is 0 Å². The van der Waals surface area contributed by atoms with E-state index in [1.54, 1.807) is 0 Å². The molecule has 6 nitrogen and oxygen atoms in total. The Morgan fingerprint density at radius 1 is 1.06 bits per heavy atom. The highest BCUT2D eigenvalue weighted by molar-refractivity contribution is 5.84. The molecule has 1 saturated heterocycles. The van der Waals surface area contributed by atoms with Crippen molar-refractivity contribution in [3.05, 3.63) is 71.8 Å². The zero-order valence-corrected chi connectivity index (χ0v) is 19.2. The molecule has 1 aliphatic rings. The van der Waals surface area contributed by atoms with Gasteiger partial charge >= 0.3 is 6.09 Å². The zero-order valence-electron chi connectivity index (χ0n) is 19.2. The van der Waals surface area contributed by atoms with E-state index < -0.39 is 11.7 Å². The van der Waals surface area contributed by atoms with Crippen LogP contribution in [0.15, 0.2) is 60.7 Å². The number of carbonyl (C=O) groups excluding carboxylic acids is 2. The quantitative estimate of drug-likeness (QED) is 0.752. The number of nitrogens with one attached hydrogen (secondary N) is 2. The van der Waals surface area contributed by atoms with Crippen LogP contribution in [0.1, 0.15) is 45.2 Å². The SMILES string of the molecule is CC1NC(CCNC(=O)OC(C)(C)C)C(=O)N1Cc1ccccc1.Cc1ccccc1. The van der Waals surface area contributed by atoms with Gasteiger partial charge in [0.2, 0.25) is 5.91 Å². The van der Waals surface area contributed by atoms with Crippen molar-refractivity contribution < 1.29 is 14.3 Å². The second kappa shape index (κ2) is 11.5. The maximum Gasteiger partial charge on any atom is 0.407 e. The normalized spacial score (nSPS) is 18.2. The van der Waals surface area contributed by atoms with Gasteiger partial charge in [-0.15, -0.1) is 0 Å². The number of hydrogen-bond acceptors (Lipinski definition) is 4. The minimum Gasteiger partial charge on any atom is -0.444 e. The van der Waals surface area contributed by atoms with Crippen LogP contribution in [0.3, 0.4) is 0 Å². The Morgan fingerprint density at radius 2 is 1.65 bits per heavy atom. The molecule has 1 fully saturated rings. The Balaban J connectivity index is 0.000000412. The number of hydrogen-bond donors (Lipinski definition) is 2. The summed E-state index contributed by atoms with van der Waals surface area (Å²) in [5.41, 5.74) is 1.90. The molecule has 2 N–H and O–H groups in total. The predicted molar refractivity (Wildman–Crippen MR) is 123 cm³/mol. The number of rotatable bonds is 5. The molecular formula is C25H35N3O3. The monoisotopic (exact) mass is 425 g/mol. The summed E-state index contributed by atoms with van der Waals surface area (Å²) in [6.45, 7) is 10.5. The van der Waals surface area contributed by atoms with E-state index in [9.17, 15) is 9.59 Å². The lowest BCUT2D eigenvalue weighted by molar-refractivity contribution is -0.130. The second-order valence-electron chi connectivity index (χ2n) is 8.72. The van der Waals surface area contributed by atoms with Crippen molar-refractivity contribution >= 4 is 12.0 Å². The molecular weight excluding hydrogens is 390 g/mol. The van der Waals surface area contributed by atoms with Gasteiger partial charge in [0.25, 0.3) is 0 Å². The zero-order chi connectivity index (χ0) is 22.9. The fourth-order valence-corrected chi connectivity index (χ4v) is 3.21. The van der Waals surface area contributed by atoms with Crippen LogP contribution in [0.25, 0.3) is 0 Å². The number of alkyl carbamates (subject to hydrolysis) is 1. The second-order valence-corrected chi connectivity index (χ2v) is 8.72. The molecule has 2 amide bonds. The number of aryl methyl sites for hydroxylation is 1. The van der Waals surface area contributed by atoms with Gasteiger partial charge in [-0.25, -0.2) is 4.79 Å². The standard InChI is InChI=1S/C18H27N3O3.C7H8/c1-13-20-15(10-11-19-17(23)24-18(2,3)4)16(22)21(13)12-14-8-6-5-7-9-14;1-7-5-3-2-4-6-7/h5-9,13,15,20H,10-12H2,1-4H3,(H,19,23);2-6H,1H3. The highest BCUT2D eigenvalue weighted by Crippen LogP contribution is 2.16. The van der Waals surface area contributed by atoms with E-state index in [4.69, 9.17) is 4.74 Å². The molecule has 1 heterocycles. The third kappa shape index (κ3) is 8.80. The highest BCUT2D eigenvalue weighted by atomic mass is 16.6. The molecule has 0 spiro atoms. The molecule has 2 atom stereocenters. The minimum absolute atomic E-state index is 0.0239. The summed E-state index contributed by atoms with van der Waals surface area (Å²) >= 11 is 0. The fourth-order valence-electron chi connectivity index (χ4n) is 3.21. The van der Waals surface area contributed by atoms with Gasteiger partial charge in [0, 0.05) is 13.1 Å². The molecule has 0 radical (unpaired) electrons. The first-order chi connectivity index (χ1) is 14.7. The van der Waals surface area contributed by atoms with Crippen LogP contribution < -0.4 is 10.6 Å². The molecule has 0 aliphatic carbocycles. The molecule has 0 bridgehead atoms. The Bertz CT molecular complexity index is 819. The number of ether oxygens (including phenoxy) is 1. The van der Waals surface area contributed by atoms with Crippen LogP contribution >= 0.6 is 0 Å². The average molecular weight is 426 g/mol. The minimum atomic E-state index is -0.521. The molecule has 0 aromatic heterocycles. The van der Waals surface area contributed by atoms with Crippen molar-refractivity contribution in [2.24, 2.45) is 0 Å². The Kier molecular flexibility index (Phi) is 9.06. The number of carbonyl (C=O) groups is 2. The molecule has 168 valence electrons. The van der Waals surface area contributed by atoms with Crippen molar-refractivity contribution in [2.75, 3.05) is 6.54 Å². The summed E-state index contributed by atoms with van der Waals surface area (Å²) in [6.07, 6.45) is 0.0552. The van der Waals surface area contributed by atoms with Crippen LogP contribution in [0.2, 0.25) is 0 Å². The maximum absolute atomic E-state index is 12.5. The molecule has 0 saturated carbocycles. The Morgan fingerprint density at radius 3 is 2.16 bits per heavy atom. The van der Waals surface area contributed by atoms with Gasteiger partial charge in [-0.3, -0.25) is 10.1 Å². The van der Waals surface area contributed by atoms with Crippen molar-refractivity contribution in [3.63, 3.8) is 0 Å². The number of nitrogens with zero attached hydrogens (tertiary/aromatic N) is 1. The topological polar surface area (TPSA) is 70.7 Å². The van der Waals surface area contributed by atoms with Gasteiger partial charge in [0.15, 0.2) is 0 Å². The van der Waals surface area contributed by atoms with Gasteiger partial charge < -0.3 is 15.0 Å². The van der Waals surface area contributed by atoms with Crippen LogP contribution in [0, 0.1) is 6.92 Å². The lowest BCUT2D eigenvalue weighted by Gasteiger charge is -2.21. The fraction of sp³-hybridized carbons (Fsp3) is 0.440. The van der Waals surface area contributed by atoms with E-state index in [0.29, 0.717) is 19.5 Å². The van der Waals surface area contributed by atoms with Gasteiger partial charge in [0.05, 0.1) is 12.2 Å².